The second kappa shape index (κ2) is 5.36. The van der Waals surface area contributed by atoms with E-state index in [9.17, 15) is 4.79 Å². The number of benzene rings is 1. The van der Waals surface area contributed by atoms with E-state index in [1.807, 2.05) is 24.3 Å². The van der Waals surface area contributed by atoms with Gasteiger partial charge in [0.25, 0.3) is 0 Å². The normalized spacial score (nSPS) is 11.3. The minimum Gasteiger partial charge on any atom is -0.476 e. The first-order valence-electron chi connectivity index (χ1n) is 6.39. The Balaban J connectivity index is 2.12. The summed E-state index contributed by atoms with van der Waals surface area (Å²) in [5, 5.41) is 8.74. The SMILES string of the molecule is CCC(C)(C)c1ccc(Oc2nc(C(=O)O)co2)cc1. The van der Waals surface area contributed by atoms with Crippen molar-refractivity contribution in [2.24, 2.45) is 0 Å². The summed E-state index contributed by atoms with van der Waals surface area (Å²) in [7, 11) is 0. The van der Waals surface area contributed by atoms with Crippen LogP contribution in [0.15, 0.2) is 34.9 Å². The number of carboxylic acids is 1. The number of carboxylic acid groups (broad SMARTS) is 1. The molecule has 0 unspecified atom stereocenters. The fourth-order valence-electron chi connectivity index (χ4n) is 1.68. The van der Waals surface area contributed by atoms with Gasteiger partial charge in [-0.1, -0.05) is 32.9 Å². The molecule has 0 aliphatic carbocycles. The molecule has 5 nitrogen and oxygen atoms in total. The summed E-state index contributed by atoms with van der Waals surface area (Å²) >= 11 is 0. The molecule has 0 spiro atoms. The van der Waals surface area contributed by atoms with E-state index in [4.69, 9.17) is 14.3 Å². The lowest BCUT2D eigenvalue weighted by Gasteiger charge is -2.23. The molecule has 20 heavy (non-hydrogen) atoms. The second-order valence-electron chi connectivity index (χ2n) is 5.17. The molecule has 0 atom stereocenters. The van der Waals surface area contributed by atoms with Crippen molar-refractivity contribution in [3.63, 3.8) is 0 Å². The summed E-state index contributed by atoms with van der Waals surface area (Å²) in [6.07, 6.45) is 2.01. The first-order valence-corrected chi connectivity index (χ1v) is 6.39. The molecule has 0 amide bonds. The Morgan fingerprint density at radius 1 is 1.35 bits per heavy atom. The number of aromatic carboxylic acids is 1. The highest BCUT2D eigenvalue weighted by atomic mass is 16.6. The molecule has 0 aliphatic rings. The van der Waals surface area contributed by atoms with E-state index in [1.165, 1.54) is 5.56 Å². The maximum absolute atomic E-state index is 10.7. The van der Waals surface area contributed by atoms with Gasteiger partial charge in [-0.25, -0.2) is 4.79 Å². The molecule has 5 heteroatoms. The Labute approximate surface area is 117 Å². The van der Waals surface area contributed by atoms with E-state index in [2.05, 4.69) is 25.8 Å². The van der Waals surface area contributed by atoms with Crippen LogP contribution in [0.5, 0.6) is 11.8 Å². The molecule has 1 aromatic carbocycles. The largest absolute Gasteiger partial charge is 0.476 e. The van der Waals surface area contributed by atoms with Crippen molar-refractivity contribution in [3.8, 4) is 11.8 Å². The fraction of sp³-hybridized carbons (Fsp3) is 0.333. The smallest absolute Gasteiger partial charge is 0.399 e. The number of rotatable bonds is 5. The van der Waals surface area contributed by atoms with Crippen molar-refractivity contribution in [1.82, 2.24) is 4.98 Å². The van der Waals surface area contributed by atoms with Crippen LogP contribution in [-0.4, -0.2) is 16.1 Å². The van der Waals surface area contributed by atoms with Crippen LogP contribution in [0.4, 0.5) is 0 Å². The van der Waals surface area contributed by atoms with Crippen LogP contribution in [0.3, 0.4) is 0 Å². The quantitative estimate of drug-likeness (QED) is 0.897. The second-order valence-corrected chi connectivity index (χ2v) is 5.17. The lowest BCUT2D eigenvalue weighted by molar-refractivity contribution is 0.0690. The number of oxazole rings is 1. The first-order chi connectivity index (χ1) is 9.42. The topological polar surface area (TPSA) is 72.6 Å². The number of carbonyl (C=O) groups is 1. The number of ether oxygens (including phenoxy) is 1. The lowest BCUT2D eigenvalue weighted by atomic mass is 9.82. The zero-order chi connectivity index (χ0) is 14.8. The number of aromatic nitrogens is 1. The van der Waals surface area contributed by atoms with Gasteiger partial charge in [0.2, 0.25) is 0 Å². The molecule has 0 saturated heterocycles. The minimum atomic E-state index is -1.15. The Kier molecular flexibility index (Phi) is 3.79. The molecule has 1 aromatic heterocycles. The van der Waals surface area contributed by atoms with Crippen LogP contribution in [0.25, 0.3) is 0 Å². The van der Waals surface area contributed by atoms with Gasteiger partial charge in [0.1, 0.15) is 12.0 Å². The highest BCUT2D eigenvalue weighted by molar-refractivity contribution is 5.84. The molecule has 0 bridgehead atoms. The van der Waals surface area contributed by atoms with E-state index in [1.54, 1.807) is 0 Å². The van der Waals surface area contributed by atoms with Gasteiger partial charge in [0.05, 0.1) is 0 Å². The molecular weight excluding hydrogens is 258 g/mol. The average Bonchev–Trinajstić information content (AvgIpc) is 2.88. The number of hydrogen-bond acceptors (Lipinski definition) is 4. The molecular formula is C15H17NO4. The average molecular weight is 275 g/mol. The van der Waals surface area contributed by atoms with E-state index in [-0.39, 0.29) is 17.2 Å². The highest BCUT2D eigenvalue weighted by Gasteiger charge is 2.18. The molecule has 0 saturated carbocycles. The Morgan fingerprint density at radius 2 is 2.00 bits per heavy atom. The fourth-order valence-corrected chi connectivity index (χ4v) is 1.68. The van der Waals surface area contributed by atoms with Crippen LogP contribution >= 0.6 is 0 Å². The van der Waals surface area contributed by atoms with Gasteiger partial charge in [-0.2, -0.15) is 4.98 Å². The predicted octanol–water partition coefficient (Wildman–Crippen LogP) is 3.85. The Bertz CT molecular complexity index is 599. The third-order valence-corrected chi connectivity index (χ3v) is 3.43. The molecule has 1 heterocycles. The van der Waals surface area contributed by atoms with E-state index in [0.717, 1.165) is 12.7 Å². The van der Waals surface area contributed by atoms with E-state index < -0.39 is 5.97 Å². The molecule has 1 N–H and O–H groups in total. The van der Waals surface area contributed by atoms with Crippen LogP contribution in [-0.2, 0) is 5.41 Å². The number of nitrogens with zero attached hydrogens (tertiary/aromatic N) is 1. The lowest BCUT2D eigenvalue weighted by Crippen LogP contribution is -2.14. The maximum atomic E-state index is 10.7. The molecule has 106 valence electrons. The van der Waals surface area contributed by atoms with E-state index >= 15 is 0 Å². The van der Waals surface area contributed by atoms with Crippen LogP contribution in [0, 0.1) is 0 Å². The standard InChI is InChI=1S/C15H17NO4/c1-4-15(2,3)10-5-7-11(8-6-10)20-14-16-12(9-19-14)13(17)18/h5-9H,4H2,1-3H3,(H,17,18). The highest BCUT2D eigenvalue weighted by Crippen LogP contribution is 2.29. The van der Waals surface area contributed by atoms with Crippen LogP contribution in [0.2, 0.25) is 0 Å². The molecule has 2 aromatic rings. The molecule has 0 radical (unpaired) electrons. The minimum absolute atomic E-state index is 0.0788. The van der Waals surface area contributed by atoms with Crippen molar-refractivity contribution >= 4 is 5.97 Å². The third kappa shape index (κ3) is 2.99. The van der Waals surface area contributed by atoms with Gasteiger partial charge in [0, 0.05) is 0 Å². The summed E-state index contributed by atoms with van der Waals surface area (Å²) < 4.78 is 10.3. The summed E-state index contributed by atoms with van der Waals surface area (Å²) in [6, 6.07) is 7.61. The van der Waals surface area contributed by atoms with Crippen molar-refractivity contribution in [2.45, 2.75) is 32.6 Å². The summed E-state index contributed by atoms with van der Waals surface area (Å²) in [5.74, 6) is -0.594. The summed E-state index contributed by atoms with van der Waals surface area (Å²) in [5.41, 5.74) is 1.15. The monoisotopic (exact) mass is 275 g/mol. The maximum Gasteiger partial charge on any atom is 0.399 e. The zero-order valence-electron chi connectivity index (χ0n) is 11.7. The number of hydrogen-bond donors (Lipinski definition) is 1. The van der Waals surface area contributed by atoms with Gasteiger partial charge in [0.15, 0.2) is 5.69 Å². The van der Waals surface area contributed by atoms with Gasteiger partial charge >= 0.3 is 12.0 Å². The molecule has 0 aliphatic heterocycles. The van der Waals surface area contributed by atoms with Crippen molar-refractivity contribution < 1.29 is 19.1 Å². The van der Waals surface area contributed by atoms with Gasteiger partial charge in [-0.15, -0.1) is 0 Å². The first kappa shape index (κ1) is 14.1. The van der Waals surface area contributed by atoms with Crippen molar-refractivity contribution in [2.75, 3.05) is 0 Å². The van der Waals surface area contributed by atoms with Gasteiger partial charge < -0.3 is 14.3 Å². The van der Waals surface area contributed by atoms with Crippen LogP contribution in [0.1, 0.15) is 43.2 Å². The Morgan fingerprint density at radius 3 is 2.50 bits per heavy atom. The Hall–Kier alpha value is -2.30. The molecule has 0 fully saturated rings. The van der Waals surface area contributed by atoms with E-state index in [0.29, 0.717) is 5.75 Å². The molecule has 2 rings (SSSR count). The van der Waals surface area contributed by atoms with Gasteiger partial charge in [-0.05, 0) is 29.5 Å². The summed E-state index contributed by atoms with van der Waals surface area (Å²) in [6.45, 7) is 6.50. The van der Waals surface area contributed by atoms with Gasteiger partial charge in [-0.3, -0.25) is 0 Å². The van der Waals surface area contributed by atoms with Crippen LogP contribution < -0.4 is 4.74 Å². The third-order valence-electron chi connectivity index (χ3n) is 3.43. The van der Waals surface area contributed by atoms with Crippen molar-refractivity contribution in [1.29, 1.82) is 0 Å². The zero-order valence-corrected chi connectivity index (χ0v) is 11.7. The summed E-state index contributed by atoms with van der Waals surface area (Å²) in [4.78, 5) is 14.4. The predicted molar refractivity (Wildman–Crippen MR) is 73.3 cm³/mol. The van der Waals surface area contributed by atoms with Crippen molar-refractivity contribution in [3.05, 3.63) is 41.8 Å².